The van der Waals surface area contributed by atoms with Gasteiger partial charge in [0.05, 0.1) is 16.7 Å². The number of non-ortho nitro benzene ring substituents is 1. The van der Waals surface area contributed by atoms with Crippen molar-refractivity contribution in [3.63, 3.8) is 0 Å². The van der Waals surface area contributed by atoms with E-state index in [0.717, 1.165) is 10.6 Å². The van der Waals surface area contributed by atoms with Crippen LogP contribution >= 0.6 is 0 Å². The average Bonchev–Trinajstić information content (AvgIpc) is 2.75. The first-order valence-electron chi connectivity index (χ1n) is 10.1. The molecular weight excluding hydrogens is 400 g/mol. The van der Waals surface area contributed by atoms with E-state index in [0.29, 0.717) is 24.1 Å². The number of nitrogens with one attached hydrogen (secondary N) is 1. The number of anilines is 2. The Labute approximate surface area is 178 Å². The summed E-state index contributed by atoms with van der Waals surface area (Å²) >= 11 is 0. The third-order valence-electron chi connectivity index (χ3n) is 6.15. The fraction of sp³-hybridized carbons (Fsp3) is 0.318. The summed E-state index contributed by atoms with van der Waals surface area (Å²) in [6, 6.07) is 11.6. The maximum Gasteiger partial charge on any atom is 0.335 e. The highest BCUT2D eigenvalue weighted by Crippen LogP contribution is 2.46. The number of imide groups is 2. The van der Waals surface area contributed by atoms with Crippen LogP contribution in [-0.2, 0) is 16.0 Å². The van der Waals surface area contributed by atoms with E-state index >= 15 is 0 Å². The summed E-state index contributed by atoms with van der Waals surface area (Å²) in [7, 11) is 1.77. The molecule has 2 aliphatic heterocycles. The number of hydrogen-bond acceptors (Lipinski definition) is 6. The molecule has 2 heterocycles. The van der Waals surface area contributed by atoms with Gasteiger partial charge in [-0.25, -0.2) is 9.69 Å². The molecule has 2 aromatic rings. The summed E-state index contributed by atoms with van der Waals surface area (Å²) in [4.78, 5) is 53.4. The molecule has 1 saturated heterocycles. The highest BCUT2D eigenvalue weighted by molar-refractivity contribution is 6.30. The molecule has 2 atom stereocenters. The van der Waals surface area contributed by atoms with Gasteiger partial charge in [0.15, 0.2) is 5.41 Å². The van der Waals surface area contributed by atoms with E-state index in [1.165, 1.54) is 12.1 Å². The number of fused-ring (bicyclic) bond motifs is 1. The Hall–Kier alpha value is -3.75. The standard InChI is InChI=1S/C22H22N4O5/c1-3-7-18-22(13-14-12-16(26(30)31)10-11-17(14)24(18)2)19(27)23-21(29)25(20(22)28)15-8-5-4-6-9-15/h4-6,8-12,18H,3,7,13H2,1-2H3,(H,23,27,29)/t18-,22-/m1/s1. The molecule has 2 aliphatic rings. The molecule has 0 saturated carbocycles. The van der Waals surface area contributed by atoms with E-state index in [1.807, 2.05) is 11.8 Å². The van der Waals surface area contributed by atoms with Gasteiger partial charge in [-0.2, -0.15) is 0 Å². The van der Waals surface area contributed by atoms with Crippen LogP contribution in [0.15, 0.2) is 48.5 Å². The van der Waals surface area contributed by atoms with Gasteiger partial charge in [0.1, 0.15) is 0 Å². The van der Waals surface area contributed by atoms with Crippen molar-refractivity contribution < 1.29 is 19.3 Å². The van der Waals surface area contributed by atoms with E-state index in [-0.39, 0.29) is 12.1 Å². The summed E-state index contributed by atoms with van der Waals surface area (Å²) in [6.45, 7) is 1.96. The lowest BCUT2D eigenvalue weighted by Crippen LogP contribution is -2.72. The zero-order valence-corrected chi connectivity index (χ0v) is 17.2. The molecule has 4 amide bonds. The first kappa shape index (κ1) is 20.5. The minimum atomic E-state index is -1.59. The van der Waals surface area contributed by atoms with Crippen LogP contribution < -0.4 is 15.1 Å². The van der Waals surface area contributed by atoms with E-state index < -0.39 is 34.2 Å². The van der Waals surface area contributed by atoms with Gasteiger partial charge in [0, 0.05) is 31.3 Å². The molecule has 0 aliphatic carbocycles. The summed E-state index contributed by atoms with van der Waals surface area (Å²) < 4.78 is 0. The molecule has 160 valence electrons. The Balaban J connectivity index is 1.89. The first-order chi connectivity index (χ1) is 14.8. The quantitative estimate of drug-likeness (QED) is 0.460. The fourth-order valence-electron chi connectivity index (χ4n) is 4.72. The number of rotatable bonds is 4. The highest BCUT2D eigenvalue weighted by atomic mass is 16.6. The van der Waals surface area contributed by atoms with Crippen molar-refractivity contribution in [3.05, 3.63) is 64.2 Å². The number of carbonyl (C=O) groups is 3. The van der Waals surface area contributed by atoms with E-state index in [9.17, 15) is 24.5 Å². The van der Waals surface area contributed by atoms with Gasteiger partial charge in [0.25, 0.3) is 11.6 Å². The average molecular weight is 422 g/mol. The van der Waals surface area contributed by atoms with E-state index in [2.05, 4.69) is 5.32 Å². The molecule has 0 aromatic heterocycles. The minimum absolute atomic E-state index is 0.0275. The molecule has 9 heteroatoms. The molecule has 0 unspecified atom stereocenters. The molecule has 2 aromatic carbocycles. The van der Waals surface area contributed by atoms with E-state index in [1.54, 1.807) is 43.4 Å². The number of urea groups is 1. The summed E-state index contributed by atoms with van der Waals surface area (Å²) in [6.07, 6.45) is 1.21. The van der Waals surface area contributed by atoms with Crippen LogP contribution in [0.4, 0.5) is 21.9 Å². The number of nitro benzene ring substituents is 1. The Kier molecular flexibility index (Phi) is 4.96. The third kappa shape index (κ3) is 3.04. The molecular formula is C22H22N4O5. The van der Waals surface area contributed by atoms with Crippen molar-refractivity contribution >= 4 is 34.9 Å². The van der Waals surface area contributed by atoms with Gasteiger partial charge in [-0.3, -0.25) is 25.0 Å². The van der Waals surface area contributed by atoms with Crippen LogP contribution in [0.25, 0.3) is 0 Å². The van der Waals surface area contributed by atoms with Crippen molar-refractivity contribution in [3.8, 4) is 0 Å². The monoisotopic (exact) mass is 422 g/mol. The Morgan fingerprint density at radius 1 is 1.16 bits per heavy atom. The van der Waals surface area contributed by atoms with Crippen LogP contribution in [0.5, 0.6) is 0 Å². The smallest absolute Gasteiger partial charge is 0.335 e. The molecule has 1 N–H and O–H groups in total. The number of benzene rings is 2. The topological polar surface area (TPSA) is 113 Å². The maximum atomic E-state index is 13.9. The second-order valence-corrected chi connectivity index (χ2v) is 7.87. The largest absolute Gasteiger partial charge is 0.370 e. The Morgan fingerprint density at radius 3 is 2.52 bits per heavy atom. The van der Waals surface area contributed by atoms with Crippen molar-refractivity contribution in [2.45, 2.75) is 32.2 Å². The van der Waals surface area contributed by atoms with Crippen molar-refractivity contribution in [2.24, 2.45) is 5.41 Å². The van der Waals surface area contributed by atoms with Crippen LogP contribution in [0.3, 0.4) is 0 Å². The molecule has 1 fully saturated rings. The second-order valence-electron chi connectivity index (χ2n) is 7.87. The summed E-state index contributed by atoms with van der Waals surface area (Å²) in [5.74, 6) is -1.29. The zero-order valence-electron chi connectivity index (χ0n) is 17.2. The lowest BCUT2D eigenvalue weighted by atomic mass is 9.67. The van der Waals surface area contributed by atoms with E-state index in [4.69, 9.17) is 0 Å². The maximum absolute atomic E-state index is 13.9. The molecule has 9 nitrogen and oxygen atoms in total. The van der Waals surface area contributed by atoms with Gasteiger partial charge in [-0.05, 0) is 30.2 Å². The molecule has 31 heavy (non-hydrogen) atoms. The van der Waals surface area contributed by atoms with Gasteiger partial charge in [0.2, 0.25) is 5.91 Å². The third-order valence-corrected chi connectivity index (χ3v) is 6.15. The number of hydrogen-bond donors (Lipinski definition) is 1. The van der Waals surface area contributed by atoms with Crippen molar-refractivity contribution in [2.75, 3.05) is 16.8 Å². The second kappa shape index (κ2) is 7.50. The molecule has 0 radical (unpaired) electrons. The number of carbonyl (C=O) groups excluding carboxylic acids is 3. The van der Waals surface area contributed by atoms with Gasteiger partial charge in [-0.1, -0.05) is 31.5 Å². The lowest BCUT2D eigenvalue weighted by molar-refractivity contribution is -0.384. The van der Waals surface area contributed by atoms with Crippen LogP contribution in [0.1, 0.15) is 25.3 Å². The van der Waals surface area contributed by atoms with Gasteiger partial charge >= 0.3 is 6.03 Å². The van der Waals surface area contributed by atoms with Crippen molar-refractivity contribution in [1.29, 1.82) is 0 Å². The molecule has 1 spiro atoms. The minimum Gasteiger partial charge on any atom is -0.370 e. The summed E-state index contributed by atoms with van der Waals surface area (Å²) in [5, 5.41) is 13.7. The number of para-hydroxylation sites is 1. The van der Waals surface area contributed by atoms with Crippen LogP contribution in [-0.4, -0.2) is 35.9 Å². The highest BCUT2D eigenvalue weighted by Gasteiger charge is 2.61. The van der Waals surface area contributed by atoms with Crippen LogP contribution in [0.2, 0.25) is 0 Å². The molecule has 4 rings (SSSR count). The lowest BCUT2D eigenvalue weighted by Gasteiger charge is -2.50. The van der Waals surface area contributed by atoms with Gasteiger partial charge in [-0.15, -0.1) is 0 Å². The molecule has 0 bridgehead atoms. The zero-order chi connectivity index (χ0) is 22.3. The van der Waals surface area contributed by atoms with Gasteiger partial charge < -0.3 is 4.90 Å². The predicted octanol–water partition coefficient (Wildman–Crippen LogP) is 3.03. The number of amides is 4. The normalized spacial score (nSPS) is 23.0. The SMILES string of the molecule is CCC[C@H]1N(C)c2ccc([N+](=O)[O-])cc2C[C@]12C(=O)NC(=O)N(c1ccccc1)C2=O. The summed E-state index contributed by atoms with van der Waals surface area (Å²) in [5.41, 5.74) is -0.0830. The Bertz CT molecular complexity index is 1090. The fourth-order valence-corrected chi connectivity index (χ4v) is 4.72. The first-order valence-corrected chi connectivity index (χ1v) is 10.1. The number of nitro groups is 1. The van der Waals surface area contributed by atoms with Crippen LogP contribution in [0, 0.1) is 15.5 Å². The number of barbiturate groups is 1. The number of nitrogens with zero attached hydrogens (tertiary/aromatic N) is 3. The van der Waals surface area contributed by atoms with Crippen molar-refractivity contribution in [1.82, 2.24) is 5.32 Å². The predicted molar refractivity (Wildman–Crippen MR) is 114 cm³/mol. The Morgan fingerprint density at radius 2 is 1.87 bits per heavy atom.